The summed E-state index contributed by atoms with van der Waals surface area (Å²) in [5.41, 5.74) is 0.477. The highest BCUT2D eigenvalue weighted by Crippen LogP contribution is 2.22. The molecule has 0 aliphatic heterocycles. The van der Waals surface area contributed by atoms with Crippen molar-refractivity contribution in [1.29, 1.82) is 0 Å². The van der Waals surface area contributed by atoms with Crippen LogP contribution < -0.4 is 0 Å². The van der Waals surface area contributed by atoms with Crippen molar-refractivity contribution in [2.45, 2.75) is 39.4 Å². The van der Waals surface area contributed by atoms with Gasteiger partial charge in [0.05, 0.1) is 12.0 Å². The average molecular weight is 212 g/mol. The second-order valence-corrected chi connectivity index (χ2v) is 5.90. The summed E-state index contributed by atoms with van der Waals surface area (Å²) in [4.78, 5) is 0. The molecule has 0 aliphatic carbocycles. The van der Waals surface area contributed by atoms with E-state index < -0.39 is 0 Å². The summed E-state index contributed by atoms with van der Waals surface area (Å²) in [6.07, 6.45) is 4.35. The number of hydrogen-bond donors (Lipinski definition) is 0. The minimum absolute atomic E-state index is 0.477. The van der Waals surface area contributed by atoms with Gasteiger partial charge >= 0.3 is 0 Å². The zero-order valence-electron chi connectivity index (χ0n) is 9.38. The fourth-order valence-electron chi connectivity index (χ4n) is 1.27. The maximum absolute atomic E-state index is 5.26. The summed E-state index contributed by atoms with van der Waals surface area (Å²) >= 11 is 1.96. The molecule has 1 heterocycles. The Balaban J connectivity index is 2.00. The van der Waals surface area contributed by atoms with Crippen molar-refractivity contribution in [3.63, 3.8) is 0 Å². The molecule has 1 aromatic heterocycles. The predicted molar refractivity (Wildman–Crippen MR) is 63.6 cm³/mol. The van der Waals surface area contributed by atoms with Gasteiger partial charge in [-0.05, 0) is 36.1 Å². The van der Waals surface area contributed by atoms with Crippen LogP contribution in [0, 0.1) is 5.41 Å². The van der Waals surface area contributed by atoms with Crippen LogP contribution in [0.1, 0.15) is 39.4 Å². The molecule has 0 spiro atoms. The molecule has 0 fully saturated rings. The third kappa shape index (κ3) is 5.38. The van der Waals surface area contributed by atoms with E-state index in [1.807, 2.05) is 23.9 Å². The average Bonchev–Trinajstić information content (AvgIpc) is 2.54. The van der Waals surface area contributed by atoms with E-state index in [0.29, 0.717) is 5.41 Å². The van der Waals surface area contributed by atoms with Gasteiger partial charge in [-0.2, -0.15) is 11.8 Å². The Bertz CT molecular complexity index is 233. The van der Waals surface area contributed by atoms with E-state index in [-0.39, 0.29) is 0 Å². The van der Waals surface area contributed by atoms with Crippen LogP contribution in [0.25, 0.3) is 0 Å². The Morgan fingerprint density at radius 1 is 1.36 bits per heavy atom. The lowest BCUT2D eigenvalue weighted by molar-refractivity contribution is 0.374. The van der Waals surface area contributed by atoms with E-state index in [4.69, 9.17) is 4.42 Å². The summed E-state index contributed by atoms with van der Waals surface area (Å²) in [6.45, 7) is 6.89. The number of furan rings is 1. The fraction of sp³-hybridized carbons (Fsp3) is 0.667. The molecule has 0 N–H and O–H groups in total. The number of hydrogen-bond acceptors (Lipinski definition) is 2. The highest BCUT2D eigenvalue weighted by molar-refractivity contribution is 7.98. The summed E-state index contributed by atoms with van der Waals surface area (Å²) in [5.74, 6) is 3.33. The van der Waals surface area contributed by atoms with E-state index in [9.17, 15) is 0 Å². The van der Waals surface area contributed by atoms with E-state index in [0.717, 1.165) is 11.5 Å². The third-order valence-corrected chi connectivity index (χ3v) is 3.11. The second-order valence-electron chi connectivity index (χ2n) is 4.80. The summed E-state index contributed by atoms with van der Waals surface area (Å²) < 4.78 is 5.26. The molecule has 0 bridgehead atoms. The molecule has 0 atom stereocenters. The SMILES string of the molecule is CC(C)(C)CCCSCc1ccco1. The standard InChI is InChI=1S/C12H20OS/c1-12(2,3)7-5-9-14-10-11-6-4-8-13-11/h4,6,8H,5,7,9-10H2,1-3H3. The molecule has 1 aromatic rings. The lowest BCUT2D eigenvalue weighted by Gasteiger charge is -2.17. The van der Waals surface area contributed by atoms with Crippen molar-refractivity contribution in [3.8, 4) is 0 Å². The predicted octanol–water partition coefficient (Wildman–Crippen LogP) is 4.34. The molecular formula is C12H20OS. The quantitative estimate of drug-likeness (QED) is 0.674. The van der Waals surface area contributed by atoms with Crippen LogP contribution in [-0.2, 0) is 5.75 Å². The van der Waals surface area contributed by atoms with Crippen molar-refractivity contribution >= 4 is 11.8 Å². The first-order chi connectivity index (χ1) is 6.58. The summed E-state index contributed by atoms with van der Waals surface area (Å²) in [7, 11) is 0. The largest absolute Gasteiger partial charge is 0.468 e. The Hall–Kier alpha value is -0.370. The van der Waals surface area contributed by atoms with Gasteiger partial charge < -0.3 is 4.42 Å². The second kappa shape index (κ2) is 5.50. The van der Waals surface area contributed by atoms with E-state index >= 15 is 0 Å². The molecule has 1 nitrogen and oxygen atoms in total. The van der Waals surface area contributed by atoms with Crippen LogP contribution >= 0.6 is 11.8 Å². The van der Waals surface area contributed by atoms with Crippen LogP contribution in [0.2, 0.25) is 0 Å². The molecule has 0 radical (unpaired) electrons. The molecule has 0 amide bonds. The van der Waals surface area contributed by atoms with Gasteiger partial charge in [0, 0.05) is 0 Å². The zero-order chi connectivity index (χ0) is 10.4. The van der Waals surface area contributed by atoms with Crippen LogP contribution in [0.3, 0.4) is 0 Å². The summed E-state index contributed by atoms with van der Waals surface area (Å²) in [5, 5.41) is 0. The third-order valence-electron chi connectivity index (χ3n) is 2.04. The van der Waals surface area contributed by atoms with Crippen LogP contribution in [0.5, 0.6) is 0 Å². The van der Waals surface area contributed by atoms with Gasteiger partial charge in [0.25, 0.3) is 0 Å². The van der Waals surface area contributed by atoms with Crippen molar-refractivity contribution in [2.24, 2.45) is 5.41 Å². The smallest absolute Gasteiger partial charge is 0.113 e. The normalized spacial score (nSPS) is 11.9. The van der Waals surface area contributed by atoms with Gasteiger partial charge in [0.15, 0.2) is 0 Å². The molecule has 0 aliphatic rings. The van der Waals surface area contributed by atoms with Crippen LogP contribution in [0.15, 0.2) is 22.8 Å². The van der Waals surface area contributed by atoms with Gasteiger partial charge in [0.2, 0.25) is 0 Å². The molecule has 2 heteroatoms. The maximum atomic E-state index is 5.26. The van der Waals surface area contributed by atoms with E-state index in [1.165, 1.54) is 18.6 Å². The van der Waals surface area contributed by atoms with Gasteiger partial charge in [0.1, 0.15) is 5.76 Å². The molecule has 80 valence electrons. The minimum Gasteiger partial charge on any atom is -0.468 e. The molecule has 1 rings (SSSR count). The van der Waals surface area contributed by atoms with Gasteiger partial charge in [-0.1, -0.05) is 20.8 Å². The monoisotopic (exact) mass is 212 g/mol. The lowest BCUT2D eigenvalue weighted by atomic mass is 9.91. The minimum atomic E-state index is 0.477. The van der Waals surface area contributed by atoms with Crippen LogP contribution in [-0.4, -0.2) is 5.75 Å². The molecule has 0 saturated heterocycles. The van der Waals surface area contributed by atoms with E-state index in [1.54, 1.807) is 6.26 Å². The fourth-order valence-corrected chi connectivity index (χ4v) is 2.13. The first-order valence-electron chi connectivity index (χ1n) is 5.18. The first-order valence-corrected chi connectivity index (χ1v) is 6.33. The van der Waals surface area contributed by atoms with Crippen molar-refractivity contribution in [1.82, 2.24) is 0 Å². The molecule has 0 unspecified atom stereocenters. The van der Waals surface area contributed by atoms with Gasteiger partial charge in [-0.3, -0.25) is 0 Å². The Labute approximate surface area is 91.3 Å². The highest BCUT2D eigenvalue weighted by atomic mass is 32.2. The highest BCUT2D eigenvalue weighted by Gasteiger charge is 2.08. The topological polar surface area (TPSA) is 13.1 Å². The molecule has 14 heavy (non-hydrogen) atoms. The number of thioether (sulfide) groups is 1. The Kier molecular flexibility index (Phi) is 4.59. The zero-order valence-corrected chi connectivity index (χ0v) is 10.2. The maximum Gasteiger partial charge on any atom is 0.113 e. The Morgan fingerprint density at radius 2 is 2.14 bits per heavy atom. The molecule has 0 saturated carbocycles. The van der Waals surface area contributed by atoms with Crippen LogP contribution in [0.4, 0.5) is 0 Å². The van der Waals surface area contributed by atoms with Crippen molar-refractivity contribution in [2.75, 3.05) is 5.75 Å². The molecular weight excluding hydrogens is 192 g/mol. The lowest BCUT2D eigenvalue weighted by Crippen LogP contribution is -2.04. The Morgan fingerprint density at radius 3 is 2.71 bits per heavy atom. The molecule has 0 aromatic carbocycles. The number of rotatable bonds is 5. The summed E-state index contributed by atoms with van der Waals surface area (Å²) in [6, 6.07) is 3.99. The van der Waals surface area contributed by atoms with Crippen molar-refractivity contribution < 1.29 is 4.42 Å². The van der Waals surface area contributed by atoms with Crippen molar-refractivity contribution in [3.05, 3.63) is 24.2 Å². The van der Waals surface area contributed by atoms with Gasteiger partial charge in [-0.15, -0.1) is 0 Å². The van der Waals surface area contributed by atoms with Gasteiger partial charge in [-0.25, -0.2) is 0 Å². The first kappa shape index (κ1) is 11.7. The van der Waals surface area contributed by atoms with E-state index in [2.05, 4.69) is 20.8 Å².